The van der Waals surface area contributed by atoms with Crippen molar-refractivity contribution in [2.75, 3.05) is 0 Å². The van der Waals surface area contributed by atoms with Crippen LogP contribution >= 0.6 is 0 Å². The molecule has 0 aliphatic carbocycles. The number of aromatic nitrogens is 4. The molecule has 0 spiro atoms. The van der Waals surface area contributed by atoms with E-state index in [-0.39, 0.29) is 24.2 Å². The van der Waals surface area contributed by atoms with Crippen molar-refractivity contribution >= 4 is 16.8 Å². The van der Waals surface area contributed by atoms with E-state index >= 15 is 0 Å². The normalized spacial score (nSPS) is 12.1. The second-order valence-corrected chi connectivity index (χ2v) is 6.42. The third-order valence-electron chi connectivity index (χ3n) is 4.29. The Morgan fingerprint density at radius 2 is 2.25 bits per heavy atom. The molecule has 1 aromatic carbocycles. The van der Waals surface area contributed by atoms with Gasteiger partial charge < -0.3 is 14.5 Å². The number of hydrogen-bond donors (Lipinski definition) is 1. The molecule has 0 fully saturated rings. The number of pyridine rings is 1. The molecule has 0 saturated carbocycles. The predicted octanol–water partition coefficient (Wildman–Crippen LogP) is 3.03. The summed E-state index contributed by atoms with van der Waals surface area (Å²) >= 11 is 0. The lowest BCUT2D eigenvalue weighted by Gasteiger charge is -2.10. The minimum absolute atomic E-state index is 0.122. The van der Waals surface area contributed by atoms with Crippen molar-refractivity contribution in [1.82, 2.24) is 25.1 Å². The Balaban J connectivity index is 1.37. The molecule has 0 radical (unpaired) electrons. The van der Waals surface area contributed by atoms with Crippen molar-refractivity contribution in [3.63, 3.8) is 0 Å². The van der Waals surface area contributed by atoms with E-state index in [4.69, 9.17) is 9.15 Å². The molecule has 4 aromatic rings. The van der Waals surface area contributed by atoms with Crippen molar-refractivity contribution in [2.24, 2.45) is 7.05 Å². The fourth-order valence-electron chi connectivity index (χ4n) is 2.79. The molecule has 1 unspecified atom stereocenters. The molecule has 8 nitrogen and oxygen atoms in total. The van der Waals surface area contributed by atoms with Gasteiger partial charge in [-0.2, -0.15) is 5.10 Å². The first-order valence-electron chi connectivity index (χ1n) is 8.80. The second kappa shape index (κ2) is 7.51. The van der Waals surface area contributed by atoms with Gasteiger partial charge in [-0.15, -0.1) is 0 Å². The molecule has 4 rings (SSSR count). The zero-order valence-electron chi connectivity index (χ0n) is 15.5. The van der Waals surface area contributed by atoms with E-state index in [0.717, 1.165) is 16.5 Å². The number of fused-ring (bicyclic) bond motifs is 1. The van der Waals surface area contributed by atoms with Gasteiger partial charge in [0.25, 0.3) is 5.91 Å². The van der Waals surface area contributed by atoms with E-state index in [1.54, 1.807) is 17.1 Å². The maximum absolute atomic E-state index is 12.4. The van der Waals surface area contributed by atoms with E-state index in [0.29, 0.717) is 11.6 Å². The molecule has 0 aliphatic rings. The molecule has 0 aliphatic heterocycles. The van der Waals surface area contributed by atoms with Gasteiger partial charge in [0.15, 0.2) is 12.3 Å². The molecule has 1 amide bonds. The Morgan fingerprint density at radius 3 is 3.07 bits per heavy atom. The van der Waals surface area contributed by atoms with Gasteiger partial charge >= 0.3 is 0 Å². The van der Waals surface area contributed by atoms with Crippen molar-refractivity contribution < 1.29 is 13.9 Å². The smallest absolute Gasteiger partial charge is 0.273 e. The van der Waals surface area contributed by atoms with Gasteiger partial charge in [0.1, 0.15) is 12.0 Å². The third-order valence-corrected chi connectivity index (χ3v) is 4.29. The standard InChI is InChI=1S/C20H19N5O3/c1-13(15-9-22-25(2)10-15)23-20(26)18-11-28-19(24-18)12-27-16-5-6-17-14(8-16)4-3-7-21-17/h3-11,13H,12H2,1-2H3,(H,23,26). The summed E-state index contributed by atoms with van der Waals surface area (Å²) in [5.74, 6) is 0.684. The quantitative estimate of drug-likeness (QED) is 0.555. The molecule has 1 atom stereocenters. The average Bonchev–Trinajstić information content (AvgIpc) is 3.35. The first kappa shape index (κ1) is 17.7. The highest BCUT2D eigenvalue weighted by Crippen LogP contribution is 2.20. The van der Waals surface area contributed by atoms with E-state index in [9.17, 15) is 4.79 Å². The number of benzene rings is 1. The summed E-state index contributed by atoms with van der Waals surface area (Å²) in [4.78, 5) is 20.8. The monoisotopic (exact) mass is 377 g/mol. The Bertz CT molecular complexity index is 1120. The summed E-state index contributed by atoms with van der Waals surface area (Å²) in [6.45, 7) is 2.00. The maximum atomic E-state index is 12.4. The summed E-state index contributed by atoms with van der Waals surface area (Å²) in [5, 5.41) is 7.96. The van der Waals surface area contributed by atoms with Gasteiger partial charge in [-0.25, -0.2) is 4.98 Å². The Kier molecular flexibility index (Phi) is 4.76. The average molecular weight is 377 g/mol. The van der Waals surface area contributed by atoms with Crippen LogP contribution in [0.2, 0.25) is 0 Å². The van der Waals surface area contributed by atoms with Gasteiger partial charge in [-0.1, -0.05) is 6.07 Å². The van der Waals surface area contributed by atoms with Gasteiger partial charge in [0.2, 0.25) is 5.89 Å². The highest BCUT2D eigenvalue weighted by molar-refractivity contribution is 5.92. The minimum atomic E-state index is -0.317. The molecule has 28 heavy (non-hydrogen) atoms. The van der Waals surface area contributed by atoms with Crippen molar-refractivity contribution in [1.29, 1.82) is 0 Å². The van der Waals surface area contributed by atoms with Gasteiger partial charge in [-0.05, 0) is 31.2 Å². The highest BCUT2D eigenvalue weighted by Gasteiger charge is 2.16. The fourth-order valence-corrected chi connectivity index (χ4v) is 2.79. The Labute approximate surface area is 161 Å². The van der Waals surface area contributed by atoms with Crippen LogP contribution in [0, 0.1) is 0 Å². The van der Waals surface area contributed by atoms with Crippen LogP contribution in [0.5, 0.6) is 5.75 Å². The molecular weight excluding hydrogens is 358 g/mol. The molecular formula is C20H19N5O3. The third kappa shape index (κ3) is 3.85. The molecule has 1 N–H and O–H groups in total. The number of carbonyl (C=O) groups excluding carboxylic acids is 1. The van der Waals surface area contributed by atoms with Crippen LogP contribution in [0.25, 0.3) is 10.9 Å². The molecule has 0 saturated heterocycles. The summed E-state index contributed by atoms with van der Waals surface area (Å²) in [6.07, 6.45) is 6.64. The van der Waals surface area contributed by atoms with Crippen LogP contribution in [0.4, 0.5) is 0 Å². The topological polar surface area (TPSA) is 95.1 Å². The summed E-state index contributed by atoms with van der Waals surface area (Å²) in [7, 11) is 1.83. The number of amides is 1. The lowest BCUT2D eigenvalue weighted by molar-refractivity contribution is 0.0934. The number of nitrogens with one attached hydrogen (secondary N) is 1. The summed E-state index contributed by atoms with van der Waals surface area (Å²) < 4.78 is 12.8. The fraction of sp³-hybridized carbons (Fsp3) is 0.200. The number of oxazole rings is 1. The molecule has 3 heterocycles. The van der Waals surface area contributed by atoms with Crippen molar-refractivity contribution in [2.45, 2.75) is 19.6 Å². The van der Waals surface area contributed by atoms with E-state index in [1.807, 2.05) is 50.5 Å². The van der Waals surface area contributed by atoms with Gasteiger partial charge in [-0.3, -0.25) is 14.5 Å². The van der Waals surface area contributed by atoms with Gasteiger partial charge in [0.05, 0.1) is 17.8 Å². The molecule has 0 bridgehead atoms. The largest absolute Gasteiger partial charge is 0.484 e. The van der Waals surface area contributed by atoms with Crippen LogP contribution < -0.4 is 10.1 Å². The van der Waals surface area contributed by atoms with Crippen LogP contribution in [0.1, 0.15) is 34.9 Å². The number of nitrogens with zero attached hydrogens (tertiary/aromatic N) is 4. The van der Waals surface area contributed by atoms with Crippen LogP contribution in [0.15, 0.2) is 59.6 Å². The Morgan fingerprint density at radius 1 is 1.36 bits per heavy atom. The van der Waals surface area contributed by atoms with E-state index in [1.165, 1.54) is 6.26 Å². The maximum Gasteiger partial charge on any atom is 0.273 e. The molecule has 142 valence electrons. The minimum Gasteiger partial charge on any atom is -0.484 e. The van der Waals surface area contributed by atoms with Gasteiger partial charge in [0, 0.05) is 30.4 Å². The summed E-state index contributed by atoms with van der Waals surface area (Å²) in [6, 6.07) is 9.27. The SMILES string of the molecule is CC(NC(=O)c1coc(COc2ccc3ncccc3c2)n1)c1cnn(C)c1. The van der Waals surface area contributed by atoms with Crippen LogP contribution in [0.3, 0.4) is 0 Å². The zero-order chi connectivity index (χ0) is 19.5. The first-order valence-corrected chi connectivity index (χ1v) is 8.80. The Hall–Kier alpha value is -3.68. The lowest BCUT2D eigenvalue weighted by Crippen LogP contribution is -2.26. The number of aryl methyl sites for hydroxylation is 1. The number of rotatable bonds is 6. The van der Waals surface area contributed by atoms with Crippen LogP contribution in [-0.2, 0) is 13.7 Å². The lowest BCUT2D eigenvalue weighted by atomic mass is 10.2. The van der Waals surface area contributed by atoms with Crippen molar-refractivity contribution in [3.05, 3.63) is 72.3 Å². The highest BCUT2D eigenvalue weighted by atomic mass is 16.5. The second-order valence-electron chi connectivity index (χ2n) is 6.42. The van der Waals surface area contributed by atoms with Crippen LogP contribution in [-0.4, -0.2) is 25.7 Å². The predicted molar refractivity (Wildman–Crippen MR) is 102 cm³/mol. The molecule has 3 aromatic heterocycles. The number of ether oxygens (including phenoxy) is 1. The molecule has 8 heteroatoms. The van der Waals surface area contributed by atoms with Crippen molar-refractivity contribution in [3.8, 4) is 5.75 Å². The number of carbonyl (C=O) groups is 1. The summed E-state index contributed by atoms with van der Waals surface area (Å²) in [5.41, 5.74) is 2.01. The zero-order valence-corrected chi connectivity index (χ0v) is 15.5. The van der Waals surface area contributed by atoms with E-state index in [2.05, 4.69) is 20.4 Å². The first-order chi connectivity index (χ1) is 13.6. The number of hydrogen-bond acceptors (Lipinski definition) is 6. The van der Waals surface area contributed by atoms with E-state index < -0.39 is 0 Å².